The highest BCUT2D eigenvalue weighted by molar-refractivity contribution is 6.11. The maximum Gasteiger partial charge on any atom is 0.233 e. The quantitative estimate of drug-likeness (QED) is 0.696. The summed E-state index contributed by atoms with van der Waals surface area (Å²) >= 11 is 0. The maximum atomic E-state index is 12.2. The van der Waals surface area contributed by atoms with Gasteiger partial charge in [-0.15, -0.1) is 0 Å². The van der Waals surface area contributed by atoms with Crippen molar-refractivity contribution in [2.45, 2.75) is 0 Å². The normalized spacial score (nSPS) is 10.9. The van der Waals surface area contributed by atoms with E-state index in [0.29, 0.717) is 17.0 Å². The van der Waals surface area contributed by atoms with E-state index in [9.17, 15) is 4.79 Å². The van der Waals surface area contributed by atoms with Gasteiger partial charge in [-0.25, -0.2) is 0 Å². The van der Waals surface area contributed by atoms with Crippen molar-refractivity contribution in [2.75, 3.05) is 5.73 Å². The Morgan fingerprint density at radius 3 is 2.83 bits per heavy atom. The first-order valence-electron chi connectivity index (χ1n) is 5.47. The SMILES string of the molecule is Cn1ncc(C(=O)c2cc3ccccc3o2)c1N. The van der Waals surface area contributed by atoms with E-state index in [2.05, 4.69) is 5.10 Å². The van der Waals surface area contributed by atoms with E-state index in [1.807, 2.05) is 24.3 Å². The average molecular weight is 241 g/mol. The Balaban J connectivity index is 2.09. The lowest BCUT2D eigenvalue weighted by Crippen LogP contribution is -2.05. The molecule has 0 aliphatic heterocycles. The predicted molar refractivity (Wildman–Crippen MR) is 67.3 cm³/mol. The Kier molecular flexibility index (Phi) is 2.19. The van der Waals surface area contributed by atoms with Crippen LogP contribution in [0.5, 0.6) is 0 Å². The maximum absolute atomic E-state index is 12.2. The van der Waals surface area contributed by atoms with Gasteiger partial charge in [-0.05, 0) is 12.1 Å². The summed E-state index contributed by atoms with van der Waals surface area (Å²) < 4.78 is 6.96. The molecule has 3 aromatic rings. The summed E-state index contributed by atoms with van der Waals surface area (Å²) in [5.41, 5.74) is 6.81. The topological polar surface area (TPSA) is 74.0 Å². The zero-order valence-electron chi connectivity index (χ0n) is 9.75. The van der Waals surface area contributed by atoms with Crippen LogP contribution in [-0.2, 0) is 7.05 Å². The summed E-state index contributed by atoms with van der Waals surface area (Å²) in [6.07, 6.45) is 1.45. The van der Waals surface area contributed by atoms with Gasteiger partial charge in [0.1, 0.15) is 11.4 Å². The van der Waals surface area contributed by atoms with Crippen molar-refractivity contribution in [2.24, 2.45) is 7.05 Å². The van der Waals surface area contributed by atoms with Crippen molar-refractivity contribution in [3.8, 4) is 0 Å². The van der Waals surface area contributed by atoms with Crippen molar-refractivity contribution in [3.63, 3.8) is 0 Å². The Labute approximate surface area is 103 Å². The van der Waals surface area contributed by atoms with E-state index in [0.717, 1.165) is 5.39 Å². The number of anilines is 1. The summed E-state index contributed by atoms with van der Waals surface area (Å²) in [6.45, 7) is 0. The first-order chi connectivity index (χ1) is 8.66. The van der Waals surface area contributed by atoms with Crippen molar-refractivity contribution in [1.82, 2.24) is 9.78 Å². The molecule has 2 aromatic heterocycles. The van der Waals surface area contributed by atoms with Gasteiger partial charge in [0.05, 0.1) is 11.8 Å². The lowest BCUT2D eigenvalue weighted by molar-refractivity contribution is 0.101. The molecule has 0 saturated carbocycles. The standard InChI is InChI=1S/C13H11N3O2/c1-16-13(14)9(7-15-16)12(17)11-6-8-4-2-3-5-10(8)18-11/h2-7H,14H2,1H3. The molecule has 0 amide bonds. The van der Waals surface area contributed by atoms with Crippen LogP contribution >= 0.6 is 0 Å². The molecule has 90 valence electrons. The minimum Gasteiger partial charge on any atom is -0.453 e. The van der Waals surface area contributed by atoms with Gasteiger partial charge in [0.25, 0.3) is 0 Å². The molecule has 0 fully saturated rings. The zero-order chi connectivity index (χ0) is 12.7. The fraction of sp³-hybridized carbons (Fsp3) is 0.0769. The van der Waals surface area contributed by atoms with E-state index in [-0.39, 0.29) is 11.5 Å². The molecule has 0 saturated heterocycles. The molecule has 0 aliphatic carbocycles. The third-order valence-electron chi connectivity index (χ3n) is 2.88. The summed E-state index contributed by atoms with van der Waals surface area (Å²) in [5.74, 6) is 0.355. The van der Waals surface area contributed by atoms with E-state index in [1.165, 1.54) is 10.9 Å². The molecule has 3 rings (SSSR count). The first kappa shape index (κ1) is 10.6. The van der Waals surface area contributed by atoms with Gasteiger partial charge in [-0.3, -0.25) is 9.48 Å². The van der Waals surface area contributed by atoms with Crippen LogP contribution in [-0.4, -0.2) is 15.6 Å². The van der Waals surface area contributed by atoms with Crippen LogP contribution in [0.4, 0.5) is 5.82 Å². The third kappa shape index (κ3) is 1.48. The largest absolute Gasteiger partial charge is 0.453 e. The molecule has 5 heteroatoms. The number of benzene rings is 1. The average Bonchev–Trinajstić information content (AvgIpc) is 2.94. The first-order valence-corrected chi connectivity index (χ1v) is 5.47. The number of rotatable bonds is 2. The molecule has 0 radical (unpaired) electrons. The minimum atomic E-state index is -0.253. The Morgan fingerprint density at radius 2 is 2.17 bits per heavy atom. The molecule has 0 spiro atoms. The Morgan fingerprint density at radius 1 is 1.39 bits per heavy atom. The van der Waals surface area contributed by atoms with Crippen LogP contribution < -0.4 is 5.73 Å². The fourth-order valence-electron chi connectivity index (χ4n) is 1.85. The van der Waals surface area contributed by atoms with E-state index < -0.39 is 0 Å². The van der Waals surface area contributed by atoms with Crippen molar-refractivity contribution in [3.05, 3.63) is 47.9 Å². The van der Waals surface area contributed by atoms with Crippen LogP contribution in [0.25, 0.3) is 11.0 Å². The predicted octanol–water partition coefficient (Wildman–Crippen LogP) is 1.98. The van der Waals surface area contributed by atoms with Crippen LogP contribution in [0.2, 0.25) is 0 Å². The highest BCUT2D eigenvalue weighted by atomic mass is 16.3. The summed E-state index contributed by atoms with van der Waals surface area (Å²) in [7, 11) is 1.69. The van der Waals surface area contributed by atoms with Crippen LogP contribution in [0.1, 0.15) is 16.1 Å². The molecule has 1 aromatic carbocycles. The second-order valence-corrected chi connectivity index (χ2v) is 4.04. The summed E-state index contributed by atoms with van der Waals surface area (Å²) in [6, 6.07) is 9.17. The molecule has 0 bridgehead atoms. The lowest BCUT2D eigenvalue weighted by Gasteiger charge is -1.96. The second kappa shape index (κ2) is 3.73. The molecule has 0 unspecified atom stereocenters. The molecular weight excluding hydrogens is 230 g/mol. The van der Waals surface area contributed by atoms with Crippen molar-refractivity contribution >= 4 is 22.6 Å². The van der Waals surface area contributed by atoms with E-state index in [1.54, 1.807) is 13.1 Å². The number of para-hydroxylation sites is 1. The fourth-order valence-corrected chi connectivity index (χ4v) is 1.85. The van der Waals surface area contributed by atoms with Crippen LogP contribution in [0, 0.1) is 0 Å². The van der Waals surface area contributed by atoms with Crippen molar-refractivity contribution in [1.29, 1.82) is 0 Å². The van der Waals surface area contributed by atoms with Gasteiger partial charge in [0, 0.05) is 12.4 Å². The second-order valence-electron chi connectivity index (χ2n) is 4.04. The number of nitrogens with zero attached hydrogens (tertiary/aromatic N) is 2. The minimum absolute atomic E-state index is 0.253. The summed E-state index contributed by atoms with van der Waals surface area (Å²) in [5, 5.41) is 4.84. The number of aryl methyl sites for hydroxylation is 1. The van der Waals surface area contributed by atoms with E-state index in [4.69, 9.17) is 10.2 Å². The van der Waals surface area contributed by atoms with Gasteiger partial charge in [-0.2, -0.15) is 5.10 Å². The molecule has 2 heterocycles. The number of carbonyl (C=O) groups excluding carboxylic acids is 1. The molecule has 18 heavy (non-hydrogen) atoms. The number of furan rings is 1. The zero-order valence-corrected chi connectivity index (χ0v) is 9.75. The summed E-state index contributed by atoms with van der Waals surface area (Å²) in [4.78, 5) is 12.2. The number of carbonyl (C=O) groups is 1. The van der Waals surface area contributed by atoms with Gasteiger partial charge in [-0.1, -0.05) is 18.2 Å². The lowest BCUT2D eigenvalue weighted by atomic mass is 10.1. The monoisotopic (exact) mass is 241 g/mol. The van der Waals surface area contributed by atoms with Crippen LogP contribution in [0.15, 0.2) is 40.9 Å². The number of nitrogen functional groups attached to an aromatic ring is 1. The van der Waals surface area contributed by atoms with E-state index >= 15 is 0 Å². The van der Waals surface area contributed by atoms with Gasteiger partial charge in [0.2, 0.25) is 5.78 Å². The van der Waals surface area contributed by atoms with Gasteiger partial charge in [0.15, 0.2) is 5.76 Å². The molecule has 0 atom stereocenters. The highest BCUT2D eigenvalue weighted by Gasteiger charge is 2.19. The number of aromatic nitrogens is 2. The molecule has 0 aliphatic rings. The highest BCUT2D eigenvalue weighted by Crippen LogP contribution is 2.22. The number of nitrogens with two attached hydrogens (primary N) is 1. The van der Waals surface area contributed by atoms with Crippen molar-refractivity contribution < 1.29 is 9.21 Å². The molecule has 5 nitrogen and oxygen atoms in total. The number of hydrogen-bond donors (Lipinski definition) is 1. The van der Waals surface area contributed by atoms with Gasteiger partial charge < -0.3 is 10.2 Å². The number of hydrogen-bond acceptors (Lipinski definition) is 4. The number of ketones is 1. The van der Waals surface area contributed by atoms with Gasteiger partial charge >= 0.3 is 0 Å². The molecule has 2 N–H and O–H groups in total. The Hall–Kier alpha value is -2.56. The number of fused-ring (bicyclic) bond motifs is 1. The smallest absolute Gasteiger partial charge is 0.233 e. The molecular formula is C13H11N3O2. The Bertz CT molecular complexity index is 707. The van der Waals surface area contributed by atoms with Crippen LogP contribution in [0.3, 0.4) is 0 Å². The third-order valence-corrected chi connectivity index (χ3v) is 2.88.